The van der Waals surface area contributed by atoms with E-state index in [4.69, 9.17) is 9.84 Å². The van der Waals surface area contributed by atoms with Gasteiger partial charge in [0, 0.05) is 6.08 Å². The Morgan fingerprint density at radius 1 is 1.09 bits per heavy atom. The van der Waals surface area contributed by atoms with E-state index in [9.17, 15) is 14.4 Å². The zero-order chi connectivity index (χ0) is 17.6. The van der Waals surface area contributed by atoms with Crippen molar-refractivity contribution in [2.45, 2.75) is 33.3 Å². The van der Waals surface area contributed by atoms with Crippen molar-refractivity contribution >= 4 is 29.9 Å². The zero-order valence-electron chi connectivity index (χ0n) is 13.6. The predicted molar refractivity (Wildman–Crippen MR) is 87.6 cm³/mol. The maximum Gasteiger partial charge on any atom is 0.339 e. The SMILES string of the molecule is CC(=O)/C(=C/c1ccccc1/C=C/C(=O)OC(C)(C)C)C(=O)O. The quantitative estimate of drug-likeness (QED) is 0.391. The summed E-state index contributed by atoms with van der Waals surface area (Å²) in [5, 5.41) is 9.06. The van der Waals surface area contributed by atoms with E-state index in [0.717, 1.165) is 0 Å². The highest BCUT2D eigenvalue weighted by atomic mass is 16.6. The van der Waals surface area contributed by atoms with Crippen LogP contribution in [0.2, 0.25) is 0 Å². The van der Waals surface area contributed by atoms with Gasteiger partial charge in [-0.2, -0.15) is 0 Å². The summed E-state index contributed by atoms with van der Waals surface area (Å²) in [4.78, 5) is 34.2. The monoisotopic (exact) mass is 316 g/mol. The number of carbonyl (C=O) groups excluding carboxylic acids is 2. The molecule has 1 N–H and O–H groups in total. The Balaban J connectivity index is 3.12. The Hall–Kier alpha value is -2.69. The molecular weight excluding hydrogens is 296 g/mol. The smallest absolute Gasteiger partial charge is 0.339 e. The molecule has 23 heavy (non-hydrogen) atoms. The molecule has 0 saturated carbocycles. The van der Waals surface area contributed by atoms with Crippen molar-refractivity contribution in [3.63, 3.8) is 0 Å². The highest BCUT2D eigenvalue weighted by molar-refractivity contribution is 6.19. The minimum absolute atomic E-state index is 0.317. The maximum atomic E-state index is 11.7. The number of aliphatic carboxylic acids is 1. The number of ether oxygens (including phenoxy) is 1. The van der Waals surface area contributed by atoms with Gasteiger partial charge < -0.3 is 9.84 Å². The van der Waals surface area contributed by atoms with E-state index in [0.29, 0.717) is 11.1 Å². The molecule has 0 fully saturated rings. The average Bonchev–Trinajstić information content (AvgIpc) is 2.40. The van der Waals surface area contributed by atoms with Crippen LogP contribution >= 0.6 is 0 Å². The van der Waals surface area contributed by atoms with Gasteiger partial charge in [0.1, 0.15) is 11.2 Å². The van der Waals surface area contributed by atoms with Crippen LogP contribution in [0.5, 0.6) is 0 Å². The Morgan fingerprint density at radius 2 is 1.65 bits per heavy atom. The van der Waals surface area contributed by atoms with Crippen molar-refractivity contribution in [3.05, 3.63) is 47.0 Å². The van der Waals surface area contributed by atoms with E-state index in [1.54, 1.807) is 45.0 Å². The average molecular weight is 316 g/mol. The number of benzene rings is 1. The second kappa shape index (κ2) is 7.54. The first-order valence-corrected chi connectivity index (χ1v) is 7.06. The molecule has 5 heteroatoms. The molecule has 0 heterocycles. The predicted octanol–water partition coefficient (Wildman–Crippen LogP) is 3.10. The maximum absolute atomic E-state index is 11.7. The number of ketones is 1. The third-order valence-electron chi connectivity index (χ3n) is 2.71. The summed E-state index contributed by atoms with van der Waals surface area (Å²) < 4.78 is 5.17. The molecule has 0 aromatic heterocycles. The van der Waals surface area contributed by atoms with Crippen molar-refractivity contribution in [2.75, 3.05) is 0 Å². The van der Waals surface area contributed by atoms with E-state index in [1.165, 1.54) is 25.2 Å². The lowest BCUT2D eigenvalue weighted by Crippen LogP contribution is -2.22. The number of carbonyl (C=O) groups is 3. The largest absolute Gasteiger partial charge is 0.478 e. The molecule has 0 unspecified atom stereocenters. The van der Waals surface area contributed by atoms with Crippen LogP contribution in [0.15, 0.2) is 35.9 Å². The molecule has 0 spiro atoms. The Bertz CT molecular complexity index is 659. The molecule has 0 saturated heterocycles. The van der Waals surface area contributed by atoms with Crippen LogP contribution in [0.3, 0.4) is 0 Å². The van der Waals surface area contributed by atoms with Gasteiger partial charge in [-0.1, -0.05) is 24.3 Å². The van der Waals surface area contributed by atoms with Gasteiger partial charge in [-0.05, 0) is 51.0 Å². The molecule has 1 rings (SSSR count). The van der Waals surface area contributed by atoms with Crippen LogP contribution in [0.1, 0.15) is 38.8 Å². The minimum atomic E-state index is -1.29. The van der Waals surface area contributed by atoms with E-state index in [-0.39, 0.29) is 5.57 Å². The van der Waals surface area contributed by atoms with Crippen molar-refractivity contribution in [3.8, 4) is 0 Å². The van der Waals surface area contributed by atoms with Crippen molar-refractivity contribution in [1.29, 1.82) is 0 Å². The standard InChI is InChI=1S/C18H20O5/c1-12(19)15(17(21)22)11-14-8-6-5-7-13(14)9-10-16(20)23-18(2,3)4/h5-11H,1-4H3,(H,21,22)/b10-9+,15-11-. The fraction of sp³-hybridized carbons (Fsp3) is 0.278. The Morgan fingerprint density at radius 3 is 2.13 bits per heavy atom. The van der Waals surface area contributed by atoms with Gasteiger partial charge >= 0.3 is 11.9 Å². The second-order valence-electron chi connectivity index (χ2n) is 5.92. The van der Waals surface area contributed by atoms with Crippen LogP contribution in [-0.2, 0) is 19.1 Å². The summed E-state index contributed by atoms with van der Waals surface area (Å²) in [7, 11) is 0. The first-order valence-electron chi connectivity index (χ1n) is 7.06. The van der Waals surface area contributed by atoms with Gasteiger partial charge in [0.15, 0.2) is 5.78 Å². The fourth-order valence-electron chi connectivity index (χ4n) is 1.76. The molecule has 0 aliphatic rings. The van der Waals surface area contributed by atoms with Crippen molar-refractivity contribution in [2.24, 2.45) is 0 Å². The fourth-order valence-corrected chi connectivity index (χ4v) is 1.76. The lowest BCUT2D eigenvalue weighted by molar-refractivity contribution is -0.148. The molecule has 0 amide bonds. The summed E-state index contributed by atoms with van der Waals surface area (Å²) in [5.41, 5.74) is 0.229. The minimum Gasteiger partial charge on any atom is -0.478 e. The molecule has 0 aliphatic heterocycles. The molecule has 0 radical (unpaired) electrons. The van der Waals surface area contributed by atoms with Crippen LogP contribution in [0.4, 0.5) is 0 Å². The highest BCUT2D eigenvalue weighted by Crippen LogP contribution is 2.16. The van der Waals surface area contributed by atoms with E-state index in [2.05, 4.69) is 0 Å². The first-order chi connectivity index (χ1) is 10.6. The van der Waals surface area contributed by atoms with Crippen LogP contribution in [0.25, 0.3) is 12.2 Å². The van der Waals surface area contributed by atoms with Crippen molar-refractivity contribution in [1.82, 2.24) is 0 Å². The third kappa shape index (κ3) is 6.30. The highest BCUT2D eigenvalue weighted by Gasteiger charge is 2.15. The molecule has 0 atom stereocenters. The number of hydrogen-bond acceptors (Lipinski definition) is 4. The Kier molecular flexibility index (Phi) is 6.02. The van der Waals surface area contributed by atoms with E-state index < -0.39 is 23.3 Å². The normalized spacial score (nSPS) is 12.3. The lowest BCUT2D eigenvalue weighted by atomic mass is 10.0. The molecule has 0 bridgehead atoms. The molecule has 5 nitrogen and oxygen atoms in total. The van der Waals surface area contributed by atoms with Gasteiger partial charge in [0.25, 0.3) is 0 Å². The van der Waals surface area contributed by atoms with Gasteiger partial charge in [0.05, 0.1) is 0 Å². The number of hydrogen-bond donors (Lipinski definition) is 1. The molecule has 1 aromatic rings. The number of rotatable bonds is 5. The topological polar surface area (TPSA) is 80.7 Å². The van der Waals surface area contributed by atoms with Gasteiger partial charge in [-0.15, -0.1) is 0 Å². The lowest BCUT2D eigenvalue weighted by Gasteiger charge is -2.17. The van der Waals surface area contributed by atoms with E-state index >= 15 is 0 Å². The summed E-state index contributed by atoms with van der Waals surface area (Å²) in [5.74, 6) is -2.33. The summed E-state index contributed by atoms with van der Waals surface area (Å²) >= 11 is 0. The van der Waals surface area contributed by atoms with Crippen molar-refractivity contribution < 1.29 is 24.2 Å². The van der Waals surface area contributed by atoms with Gasteiger partial charge in [0.2, 0.25) is 0 Å². The van der Waals surface area contributed by atoms with Crippen LogP contribution in [0, 0.1) is 0 Å². The molecular formula is C18H20O5. The first kappa shape index (κ1) is 18.4. The number of carboxylic acid groups (broad SMARTS) is 1. The molecule has 1 aromatic carbocycles. The molecule has 122 valence electrons. The number of Topliss-reactive ketones (excluding diaryl/α,β-unsaturated/α-hetero) is 1. The number of esters is 1. The zero-order valence-corrected chi connectivity index (χ0v) is 13.6. The van der Waals surface area contributed by atoms with E-state index in [1.807, 2.05) is 0 Å². The molecule has 0 aliphatic carbocycles. The van der Waals surface area contributed by atoms with Gasteiger partial charge in [-0.3, -0.25) is 4.79 Å². The number of carboxylic acids is 1. The third-order valence-corrected chi connectivity index (χ3v) is 2.71. The van der Waals surface area contributed by atoms with Gasteiger partial charge in [-0.25, -0.2) is 9.59 Å². The second-order valence-corrected chi connectivity index (χ2v) is 5.92. The summed E-state index contributed by atoms with van der Waals surface area (Å²) in [6.07, 6.45) is 4.09. The van der Waals surface area contributed by atoms with Crippen LogP contribution < -0.4 is 0 Å². The summed E-state index contributed by atoms with van der Waals surface area (Å²) in [6.45, 7) is 6.49. The van der Waals surface area contributed by atoms with Crippen LogP contribution in [-0.4, -0.2) is 28.4 Å². The Labute approximate surface area is 135 Å². The summed E-state index contributed by atoms with van der Waals surface area (Å²) in [6, 6.07) is 6.85.